The van der Waals surface area contributed by atoms with Crippen LogP contribution < -0.4 is 4.72 Å². The summed E-state index contributed by atoms with van der Waals surface area (Å²) in [6, 6.07) is 8.24. The van der Waals surface area contributed by atoms with Crippen LogP contribution in [0.5, 0.6) is 0 Å². The van der Waals surface area contributed by atoms with E-state index in [1.165, 1.54) is 4.90 Å². The molecule has 2 rings (SSSR count). The Kier molecular flexibility index (Phi) is 9.47. The van der Waals surface area contributed by atoms with Crippen molar-refractivity contribution < 1.29 is 22.7 Å². The number of hydrogen-bond acceptors (Lipinski definition) is 8. The fraction of sp³-hybridized carbons (Fsp3) is 0.600. The smallest absolute Gasteiger partial charge is 0.311 e. The van der Waals surface area contributed by atoms with Gasteiger partial charge >= 0.3 is 15.7 Å². The molecule has 0 spiro atoms. The molecule has 8 nitrogen and oxygen atoms in total. The number of carbonyl (C=O) groups excluding carboxylic acids is 2. The van der Waals surface area contributed by atoms with Crippen molar-refractivity contribution in [2.45, 2.75) is 56.6 Å². The number of ether oxygens (including phenoxy) is 1. The molecule has 1 aliphatic rings. The Morgan fingerprint density at radius 2 is 2.03 bits per heavy atom. The highest BCUT2D eigenvalue weighted by molar-refractivity contribution is 8.11. The summed E-state index contributed by atoms with van der Waals surface area (Å²) in [5.41, 5.74) is -0.461. The molecule has 1 aromatic carbocycles. The topological polar surface area (TPSA) is 105 Å². The van der Waals surface area contributed by atoms with Gasteiger partial charge in [0.1, 0.15) is 5.41 Å². The second kappa shape index (κ2) is 11.6. The second-order valence-electron chi connectivity index (χ2n) is 7.20. The third kappa shape index (κ3) is 5.90. The van der Waals surface area contributed by atoms with E-state index in [9.17, 15) is 18.0 Å². The molecule has 0 saturated heterocycles. The average molecular weight is 456 g/mol. The van der Waals surface area contributed by atoms with E-state index in [-0.39, 0.29) is 19.1 Å². The minimum Gasteiger partial charge on any atom is -0.381 e. The van der Waals surface area contributed by atoms with Crippen molar-refractivity contribution in [2.75, 3.05) is 20.7 Å². The van der Waals surface area contributed by atoms with Gasteiger partial charge < -0.3 is 4.74 Å². The SMILES string of the molecule is CCCC(CCCN(C(=O)SNC)C(=O)C1(c2ccccc2)CC1N=S(=O)=O)OC. The quantitative estimate of drug-likeness (QED) is 0.511. The third-order valence-corrected chi connectivity index (χ3v) is 6.34. The van der Waals surface area contributed by atoms with Crippen molar-refractivity contribution in [3.8, 4) is 0 Å². The Balaban J connectivity index is 2.28. The zero-order valence-electron chi connectivity index (χ0n) is 17.5. The number of carbonyl (C=O) groups is 2. The minimum absolute atomic E-state index is 0.0775. The van der Waals surface area contributed by atoms with Crippen LogP contribution >= 0.6 is 11.9 Å². The number of hydrogen-bond donors (Lipinski definition) is 1. The second-order valence-corrected chi connectivity index (χ2v) is 8.80. The van der Waals surface area contributed by atoms with Gasteiger partial charge in [-0.2, -0.15) is 12.8 Å². The molecule has 1 fully saturated rings. The van der Waals surface area contributed by atoms with E-state index in [1.807, 2.05) is 6.07 Å². The first-order valence-corrected chi connectivity index (χ1v) is 11.8. The number of benzene rings is 1. The molecular formula is C20H29N3O5S2. The number of nitrogens with one attached hydrogen (secondary N) is 1. The van der Waals surface area contributed by atoms with E-state index in [0.29, 0.717) is 12.0 Å². The van der Waals surface area contributed by atoms with Gasteiger partial charge in [0.15, 0.2) is 0 Å². The maximum atomic E-state index is 13.6. The van der Waals surface area contributed by atoms with E-state index >= 15 is 0 Å². The molecule has 0 heterocycles. The van der Waals surface area contributed by atoms with Crippen LogP contribution in [-0.4, -0.2) is 57.3 Å². The lowest BCUT2D eigenvalue weighted by Crippen LogP contribution is -2.44. The van der Waals surface area contributed by atoms with Crippen LogP contribution in [0.3, 0.4) is 0 Å². The van der Waals surface area contributed by atoms with Crippen molar-refractivity contribution >= 4 is 33.6 Å². The van der Waals surface area contributed by atoms with Crippen molar-refractivity contribution in [2.24, 2.45) is 4.36 Å². The van der Waals surface area contributed by atoms with E-state index in [4.69, 9.17) is 4.74 Å². The van der Waals surface area contributed by atoms with E-state index in [1.54, 1.807) is 38.4 Å². The summed E-state index contributed by atoms with van der Waals surface area (Å²) in [5.74, 6) is -0.412. The molecule has 0 bridgehead atoms. The molecule has 0 aromatic heterocycles. The Hall–Kier alpha value is -1.75. The van der Waals surface area contributed by atoms with Gasteiger partial charge in [0.2, 0.25) is 5.91 Å². The molecule has 2 amide bonds. The first-order valence-electron chi connectivity index (χ1n) is 9.98. The molecule has 0 radical (unpaired) electrons. The fourth-order valence-corrected chi connectivity index (χ4v) is 4.64. The van der Waals surface area contributed by atoms with Crippen LogP contribution in [0.2, 0.25) is 0 Å². The van der Waals surface area contributed by atoms with Crippen molar-refractivity contribution in [3.63, 3.8) is 0 Å². The minimum atomic E-state index is -2.63. The summed E-state index contributed by atoms with van der Waals surface area (Å²) in [6.45, 7) is 2.31. The van der Waals surface area contributed by atoms with Crippen molar-refractivity contribution in [3.05, 3.63) is 35.9 Å². The van der Waals surface area contributed by atoms with Crippen LogP contribution in [0.1, 0.15) is 44.6 Å². The largest absolute Gasteiger partial charge is 0.381 e. The number of nitrogens with zero attached hydrogens (tertiary/aromatic N) is 2. The van der Waals surface area contributed by atoms with Crippen LogP contribution in [0.15, 0.2) is 34.7 Å². The fourth-order valence-electron chi connectivity index (χ4n) is 3.71. The standard InChI is InChI=1S/C20H29N3O5S2/c1-4-9-16(28-3)12-8-13-23(19(25)29-21-2)18(24)20(14-17(20)22-30(26)27)15-10-6-5-7-11-15/h5-7,10-11,16-17,21H,4,8-9,12-14H2,1-3H3. The Morgan fingerprint density at radius 1 is 1.33 bits per heavy atom. The Morgan fingerprint density at radius 3 is 2.60 bits per heavy atom. The molecule has 3 atom stereocenters. The van der Waals surface area contributed by atoms with Crippen LogP contribution in [0.4, 0.5) is 4.79 Å². The number of imide groups is 1. The highest BCUT2D eigenvalue weighted by Gasteiger charge is 2.64. The lowest BCUT2D eigenvalue weighted by molar-refractivity contribution is -0.130. The summed E-state index contributed by atoms with van der Waals surface area (Å²) < 4.78 is 34.2. The predicted octanol–water partition coefficient (Wildman–Crippen LogP) is 3.17. The molecule has 0 aliphatic heterocycles. The molecule has 3 unspecified atom stereocenters. The lowest BCUT2D eigenvalue weighted by Gasteiger charge is -2.26. The monoisotopic (exact) mass is 455 g/mol. The summed E-state index contributed by atoms with van der Waals surface area (Å²) in [5, 5.41) is -0.420. The van der Waals surface area contributed by atoms with E-state index in [0.717, 1.165) is 31.2 Å². The zero-order chi connectivity index (χ0) is 22.1. The first-order chi connectivity index (χ1) is 14.4. The van der Waals surface area contributed by atoms with Crippen molar-refractivity contribution in [1.29, 1.82) is 0 Å². The number of amides is 2. The molecule has 30 heavy (non-hydrogen) atoms. The van der Waals surface area contributed by atoms with Gasteiger partial charge in [-0.25, -0.2) is 0 Å². The summed E-state index contributed by atoms with van der Waals surface area (Å²) in [6.07, 6.45) is 3.56. The zero-order valence-corrected chi connectivity index (χ0v) is 19.2. The van der Waals surface area contributed by atoms with E-state index < -0.39 is 33.1 Å². The van der Waals surface area contributed by atoms with Gasteiger partial charge in [0.25, 0.3) is 0 Å². The van der Waals surface area contributed by atoms with Gasteiger partial charge in [0, 0.05) is 25.6 Å². The highest BCUT2D eigenvalue weighted by atomic mass is 32.2. The third-order valence-electron chi connectivity index (χ3n) is 5.31. The molecule has 166 valence electrons. The van der Waals surface area contributed by atoms with Crippen molar-refractivity contribution in [1.82, 2.24) is 9.62 Å². The summed E-state index contributed by atoms with van der Waals surface area (Å²) in [7, 11) is 0.642. The molecule has 1 aliphatic carbocycles. The van der Waals surface area contributed by atoms with Gasteiger partial charge in [-0.15, -0.1) is 0 Å². The average Bonchev–Trinajstić information content (AvgIpc) is 3.44. The Bertz CT molecular complexity index is 854. The molecule has 1 saturated carbocycles. The molecular weight excluding hydrogens is 426 g/mol. The number of methoxy groups -OCH3 is 1. The first kappa shape index (κ1) is 24.5. The Labute approximate surface area is 183 Å². The van der Waals surface area contributed by atoms with Crippen LogP contribution in [-0.2, 0) is 25.4 Å². The van der Waals surface area contributed by atoms with Crippen LogP contribution in [0.25, 0.3) is 0 Å². The van der Waals surface area contributed by atoms with E-state index in [2.05, 4.69) is 16.0 Å². The summed E-state index contributed by atoms with van der Waals surface area (Å²) >= 11 is 0.829. The molecule has 10 heteroatoms. The predicted molar refractivity (Wildman–Crippen MR) is 117 cm³/mol. The normalized spacial score (nSPS) is 21.0. The highest BCUT2D eigenvalue weighted by Crippen LogP contribution is 2.52. The van der Waals surface area contributed by atoms with Crippen LogP contribution in [0, 0.1) is 0 Å². The lowest BCUT2D eigenvalue weighted by atomic mass is 9.93. The molecule has 1 aromatic rings. The maximum Gasteiger partial charge on any atom is 0.311 e. The molecule has 1 N–H and O–H groups in total. The number of rotatable bonds is 11. The van der Waals surface area contributed by atoms with Gasteiger partial charge in [-0.1, -0.05) is 43.7 Å². The van der Waals surface area contributed by atoms with Gasteiger partial charge in [-0.3, -0.25) is 19.2 Å². The van der Waals surface area contributed by atoms with Gasteiger partial charge in [-0.05, 0) is 38.3 Å². The summed E-state index contributed by atoms with van der Waals surface area (Å²) in [4.78, 5) is 27.5. The van der Waals surface area contributed by atoms with Gasteiger partial charge in [0.05, 0.1) is 12.1 Å². The maximum absolute atomic E-state index is 13.6.